The molecule has 2 aromatic heterocycles. The minimum atomic E-state index is -0.691. The molecule has 1 aliphatic rings. The fourth-order valence-corrected chi connectivity index (χ4v) is 5.23. The highest BCUT2D eigenvalue weighted by Gasteiger charge is 2.30. The van der Waals surface area contributed by atoms with Crippen molar-refractivity contribution in [3.05, 3.63) is 60.0 Å². The van der Waals surface area contributed by atoms with E-state index in [1.807, 2.05) is 30.5 Å². The Morgan fingerprint density at radius 1 is 1.15 bits per heavy atom. The van der Waals surface area contributed by atoms with Crippen LogP contribution < -0.4 is 4.74 Å². The number of hydrogen-bond acceptors (Lipinski definition) is 6. The summed E-state index contributed by atoms with van der Waals surface area (Å²) in [4.78, 5) is 18.5. The van der Waals surface area contributed by atoms with Crippen LogP contribution >= 0.6 is 0 Å². The number of aryl methyl sites for hydroxylation is 2. The molecule has 7 heteroatoms. The lowest BCUT2D eigenvalue weighted by molar-refractivity contribution is -0.139. The zero-order chi connectivity index (χ0) is 23.8. The predicted octanol–water partition coefficient (Wildman–Crippen LogP) is 4.40. The molecule has 7 nitrogen and oxygen atoms in total. The van der Waals surface area contributed by atoms with Gasteiger partial charge in [0, 0.05) is 30.7 Å². The maximum atomic E-state index is 11.6. The number of methoxy groups -OCH3 is 1. The summed E-state index contributed by atoms with van der Waals surface area (Å²) < 4.78 is 5.40. The van der Waals surface area contributed by atoms with Crippen molar-refractivity contribution in [1.82, 2.24) is 20.1 Å². The highest BCUT2D eigenvalue weighted by atomic mass is 16.5. The molecule has 0 amide bonds. The fourth-order valence-electron chi connectivity index (χ4n) is 5.23. The predicted molar refractivity (Wildman–Crippen MR) is 132 cm³/mol. The molecule has 0 spiro atoms. The Labute approximate surface area is 201 Å². The Kier molecular flexibility index (Phi) is 8.41. The number of likely N-dealkylation sites (tertiary alicyclic amines) is 1. The van der Waals surface area contributed by atoms with E-state index in [4.69, 9.17) is 4.74 Å². The number of aliphatic carboxylic acids is 1. The first-order chi connectivity index (χ1) is 16.6. The van der Waals surface area contributed by atoms with Crippen molar-refractivity contribution >= 4 is 16.9 Å². The van der Waals surface area contributed by atoms with Gasteiger partial charge in [-0.1, -0.05) is 0 Å². The van der Waals surface area contributed by atoms with E-state index in [0.717, 1.165) is 80.5 Å². The molecular weight excluding hydrogens is 428 g/mol. The van der Waals surface area contributed by atoms with Crippen molar-refractivity contribution in [2.24, 2.45) is 11.8 Å². The first-order valence-electron chi connectivity index (χ1n) is 12.2. The Bertz CT molecular complexity index is 1080. The van der Waals surface area contributed by atoms with Gasteiger partial charge in [-0.15, -0.1) is 0 Å². The van der Waals surface area contributed by atoms with Crippen LogP contribution in [0.4, 0.5) is 0 Å². The lowest BCUT2D eigenvalue weighted by Crippen LogP contribution is -2.41. The number of aromatic nitrogens is 3. The molecule has 3 aromatic rings. The number of carbonyl (C=O) groups is 1. The molecule has 2 atom stereocenters. The van der Waals surface area contributed by atoms with E-state index in [1.54, 1.807) is 13.3 Å². The number of benzene rings is 1. The summed E-state index contributed by atoms with van der Waals surface area (Å²) in [5.41, 5.74) is 3.28. The van der Waals surface area contributed by atoms with Gasteiger partial charge in [0.25, 0.3) is 0 Å². The molecule has 1 N–H and O–H groups in total. The number of hydrogen-bond donors (Lipinski definition) is 1. The van der Waals surface area contributed by atoms with Crippen molar-refractivity contribution in [1.29, 1.82) is 0 Å². The molecule has 4 rings (SSSR count). The molecule has 1 aliphatic heterocycles. The van der Waals surface area contributed by atoms with Crippen LogP contribution in [0.15, 0.2) is 48.8 Å². The second-order valence-corrected chi connectivity index (χ2v) is 9.27. The molecule has 0 unspecified atom stereocenters. The molecule has 180 valence electrons. The lowest BCUT2D eigenvalue weighted by Gasteiger charge is -2.38. The van der Waals surface area contributed by atoms with Gasteiger partial charge in [0.2, 0.25) is 0 Å². The monoisotopic (exact) mass is 462 g/mol. The summed E-state index contributed by atoms with van der Waals surface area (Å²) in [5.74, 6) is 0.811. The van der Waals surface area contributed by atoms with Crippen molar-refractivity contribution in [2.45, 2.75) is 44.9 Å². The molecule has 0 aliphatic carbocycles. The standard InChI is InChI=1S/C27H34N4O3/c1-34-24-9-10-26-25(18-24)21(11-14-28-26)6-2-5-20-12-16-31(19-22(20)17-27(32)33)15-4-8-23-7-3-13-29-30-23/h3,7,9-11,13-14,18,20,22H,2,4-6,8,12,15-17,19H2,1H3,(H,32,33)/t20-,22+/m1/s1. The third-order valence-electron chi connectivity index (χ3n) is 7.01. The van der Waals surface area contributed by atoms with Gasteiger partial charge in [-0.05, 0) is 105 Å². The van der Waals surface area contributed by atoms with Gasteiger partial charge in [-0.25, -0.2) is 0 Å². The summed E-state index contributed by atoms with van der Waals surface area (Å²) in [6.45, 7) is 2.88. The van der Waals surface area contributed by atoms with Gasteiger partial charge in [-0.2, -0.15) is 10.2 Å². The minimum Gasteiger partial charge on any atom is -0.497 e. The van der Waals surface area contributed by atoms with E-state index >= 15 is 0 Å². The third kappa shape index (κ3) is 6.50. The van der Waals surface area contributed by atoms with E-state index in [9.17, 15) is 9.90 Å². The topological polar surface area (TPSA) is 88.4 Å². The first-order valence-corrected chi connectivity index (χ1v) is 12.2. The van der Waals surface area contributed by atoms with Crippen LogP contribution in [0, 0.1) is 11.8 Å². The summed E-state index contributed by atoms with van der Waals surface area (Å²) in [6.07, 6.45) is 9.86. The Morgan fingerprint density at radius 2 is 2.06 bits per heavy atom. The zero-order valence-corrected chi connectivity index (χ0v) is 19.9. The number of carboxylic acid groups (broad SMARTS) is 1. The van der Waals surface area contributed by atoms with Crippen molar-refractivity contribution < 1.29 is 14.6 Å². The molecule has 3 heterocycles. The van der Waals surface area contributed by atoms with Gasteiger partial charge >= 0.3 is 5.97 Å². The highest BCUT2D eigenvalue weighted by molar-refractivity contribution is 5.83. The van der Waals surface area contributed by atoms with Crippen LogP contribution in [0.5, 0.6) is 5.75 Å². The van der Waals surface area contributed by atoms with E-state index in [0.29, 0.717) is 5.92 Å². The number of piperidine rings is 1. The van der Waals surface area contributed by atoms with E-state index in [-0.39, 0.29) is 12.3 Å². The summed E-state index contributed by atoms with van der Waals surface area (Å²) in [5, 5.41) is 18.8. The quantitative estimate of drug-likeness (QED) is 0.452. The molecule has 1 saturated heterocycles. The average Bonchev–Trinajstić information content (AvgIpc) is 2.85. The Hall–Kier alpha value is -3.06. The molecular formula is C27H34N4O3. The number of ether oxygens (including phenoxy) is 1. The molecule has 1 aromatic carbocycles. The number of pyridine rings is 1. The minimum absolute atomic E-state index is 0.206. The summed E-state index contributed by atoms with van der Waals surface area (Å²) in [7, 11) is 1.68. The number of fused-ring (bicyclic) bond motifs is 1. The molecule has 34 heavy (non-hydrogen) atoms. The van der Waals surface area contributed by atoms with Crippen LogP contribution in [0.3, 0.4) is 0 Å². The Morgan fingerprint density at radius 3 is 2.85 bits per heavy atom. The maximum Gasteiger partial charge on any atom is 0.303 e. The van der Waals surface area contributed by atoms with E-state index < -0.39 is 5.97 Å². The molecule has 1 fully saturated rings. The Balaban J connectivity index is 1.31. The van der Waals surface area contributed by atoms with E-state index in [1.165, 1.54) is 5.56 Å². The van der Waals surface area contributed by atoms with Gasteiger partial charge in [0.1, 0.15) is 5.75 Å². The third-order valence-corrected chi connectivity index (χ3v) is 7.01. The largest absolute Gasteiger partial charge is 0.497 e. The zero-order valence-electron chi connectivity index (χ0n) is 19.9. The highest BCUT2D eigenvalue weighted by Crippen LogP contribution is 2.31. The summed E-state index contributed by atoms with van der Waals surface area (Å²) in [6, 6.07) is 12.0. The molecule has 0 bridgehead atoms. The first kappa shape index (κ1) is 24.1. The van der Waals surface area contributed by atoms with Crippen LogP contribution in [0.1, 0.15) is 43.4 Å². The van der Waals surface area contributed by atoms with Crippen molar-refractivity contribution in [2.75, 3.05) is 26.7 Å². The normalized spacial score (nSPS) is 18.7. The second-order valence-electron chi connectivity index (χ2n) is 9.27. The van der Waals surface area contributed by atoms with Gasteiger partial charge < -0.3 is 14.7 Å². The number of carboxylic acids is 1. The van der Waals surface area contributed by atoms with Crippen LogP contribution in [-0.4, -0.2) is 57.9 Å². The number of nitrogens with zero attached hydrogens (tertiary/aromatic N) is 4. The van der Waals surface area contributed by atoms with Crippen LogP contribution in [-0.2, 0) is 17.6 Å². The van der Waals surface area contributed by atoms with Crippen LogP contribution in [0.2, 0.25) is 0 Å². The maximum absolute atomic E-state index is 11.6. The fraction of sp³-hybridized carbons (Fsp3) is 0.481. The van der Waals surface area contributed by atoms with E-state index in [2.05, 4.69) is 32.2 Å². The summed E-state index contributed by atoms with van der Waals surface area (Å²) >= 11 is 0. The van der Waals surface area contributed by atoms with Gasteiger partial charge in [0.05, 0.1) is 18.3 Å². The molecule has 0 radical (unpaired) electrons. The van der Waals surface area contributed by atoms with Crippen LogP contribution in [0.25, 0.3) is 10.9 Å². The van der Waals surface area contributed by atoms with Crippen molar-refractivity contribution in [3.8, 4) is 5.75 Å². The SMILES string of the molecule is COc1ccc2nccc(CCC[C@@H]3CCN(CCCc4cccnn4)C[C@@H]3CC(=O)O)c2c1. The smallest absolute Gasteiger partial charge is 0.303 e. The second kappa shape index (κ2) is 11.9. The lowest BCUT2D eigenvalue weighted by atomic mass is 9.79. The van der Waals surface area contributed by atoms with Gasteiger partial charge in [-0.3, -0.25) is 9.78 Å². The number of rotatable bonds is 11. The molecule has 0 saturated carbocycles. The van der Waals surface area contributed by atoms with Crippen molar-refractivity contribution in [3.63, 3.8) is 0 Å². The van der Waals surface area contributed by atoms with Gasteiger partial charge in [0.15, 0.2) is 0 Å². The average molecular weight is 463 g/mol.